The van der Waals surface area contributed by atoms with Crippen molar-refractivity contribution in [3.63, 3.8) is 0 Å². The monoisotopic (exact) mass is 377 g/mol. The molecule has 118 valence electrons. The fraction of sp³-hybridized carbons (Fsp3) is 0.500. The first-order chi connectivity index (χ1) is 9.71. The summed E-state index contributed by atoms with van der Waals surface area (Å²) in [4.78, 5) is 11.1. The van der Waals surface area contributed by atoms with E-state index in [2.05, 4.69) is 15.9 Å². The van der Waals surface area contributed by atoms with Crippen molar-refractivity contribution in [1.82, 2.24) is 4.31 Å². The number of unbranched alkanes of at least 4 members (excludes halogenated alkanes) is 2. The summed E-state index contributed by atoms with van der Waals surface area (Å²) in [7, 11) is -2.19. The van der Waals surface area contributed by atoms with E-state index in [1.165, 1.54) is 23.5 Å². The minimum absolute atomic E-state index is 0.00102. The average Bonchev–Trinajstić information content (AvgIpc) is 2.41. The van der Waals surface area contributed by atoms with Gasteiger partial charge in [0.15, 0.2) is 0 Å². The van der Waals surface area contributed by atoms with Crippen LogP contribution in [0, 0.1) is 6.92 Å². The van der Waals surface area contributed by atoms with Gasteiger partial charge in [0, 0.05) is 18.1 Å². The van der Waals surface area contributed by atoms with E-state index in [4.69, 9.17) is 5.11 Å². The lowest BCUT2D eigenvalue weighted by atomic mass is 10.1. The molecule has 0 unspecified atom stereocenters. The highest BCUT2D eigenvalue weighted by Gasteiger charge is 2.25. The molecule has 0 bridgehead atoms. The molecule has 0 aliphatic rings. The lowest BCUT2D eigenvalue weighted by molar-refractivity contribution is 0.0696. The number of hydrogen-bond acceptors (Lipinski definition) is 3. The van der Waals surface area contributed by atoms with Gasteiger partial charge in [0.25, 0.3) is 0 Å². The maximum absolute atomic E-state index is 12.6. The molecule has 0 radical (unpaired) electrons. The first kappa shape index (κ1) is 18.1. The van der Waals surface area contributed by atoms with E-state index in [0.717, 1.165) is 19.3 Å². The van der Waals surface area contributed by atoms with Crippen molar-refractivity contribution in [3.05, 3.63) is 27.7 Å². The SMILES string of the molecule is CCCCCN(C)S(=O)(=O)c1cc(C(=O)O)cc(C)c1Br. The van der Waals surface area contributed by atoms with E-state index in [1.54, 1.807) is 6.92 Å². The van der Waals surface area contributed by atoms with Crippen molar-refractivity contribution < 1.29 is 18.3 Å². The Morgan fingerprint density at radius 1 is 1.33 bits per heavy atom. The first-order valence-corrected chi connectivity index (χ1v) is 8.95. The van der Waals surface area contributed by atoms with Gasteiger partial charge in [0.05, 0.1) is 10.5 Å². The minimum Gasteiger partial charge on any atom is -0.478 e. The molecule has 0 atom stereocenters. The zero-order valence-electron chi connectivity index (χ0n) is 12.4. The third-order valence-electron chi connectivity index (χ3n) is 3.23. The summed E-state index contributed by atoms with van der Waals surface area (Å²) in [6.07, 6.45) is 2.74. The zero-order valence-corrected chi connectivity index (χ0v) is 14.8. The summed E-state index contributed by atoms with van der Waals surface area (Å²) in [6, 6.07) is 2.65. The van der Waals surface area contributed by atoms with Gasteiger partial charge >= 0.3 is 5.97 Å². The normalized spacial score (nSPS) is 11.9. The van der Waals surface area contributed by atoms with Crippen LogP contribution in [-0.4, -0.2) is 37.4 Å². The summed E-state index contributed by atoms with van der Waals surface area (Å²) >= 11 is 3.25. The number of carboxylic acids is 1. The van der Waals surface area contributed by atoms with Crippen molar-refractivity contribution in [2.45, 2.75) is 38.0 Å². The molecule has 5 nitrogen and oxygen atoms in total. The van der Waals surface area contributed by atoms with Crippen molar-refractivity contribution >= 4 is 31.9 Å². The van der Waals surface area contributed by atoms with E-state index in [1.807, 2.05) is 6.92 Å². The lowest BCUT2D eigenvalue weighted by Crippen LogP contribution is -2.28. The molecule has 0 fully saturated rings. The fourth-order valence-electron chi connectivity index (χ4n) is 1.92. The predicted octanol–water partition coefficient (Wildman–Crippen LogP) is 3.27. The number of nitrogens with zero attached hydrogens (tertiary/aromatic N) is 1. The van der Waals surface area contributed by atoms with E-state index in [0.29, 0.717) is 16.6 Å². The third-order valence-corrected chi connectivity index (χ3v) is 6.43. The number of carbonyl (C=O) groups is 1. The number of carboxylic acid groups (broad SMARTS) is 1. The van der Waals surface area contributed by atoms with E-state index >= 15 is 0 Å². The van der Waals surface area contributed by atoms with Crippen LogP contribution in [0.3, 0.4) is 0 Å². The second-order valence-electron chi connectivity index (χ2n) is 4.94. The van der Waals surface area contributed by atoms with Crippen LogP contribution in [0.15, 0.2) is 21.5 Å². The molecule has 0 saturated carbocycles. The van der Waals surface area contributed by atoms with Crippen LogP contribution < -0.4 is 0 Å². The van der Waals surface area contributed by atoms with E-state index in [-0.39, 0.29) is 10.5 Å². The number of aryl methyl sites for hydroxylation is 1. The molecule has 0 amide bonds. The highest BCUT2D eigenvalue weighted by molar-refractivity contribution is 9.10. The van der Waals surface area contributed by atoms with Gasteiger partial charge in [-0.05, 0) is 47.0 Å². The Kier molecular flexibility index (Phi) is 6.37. The molecule has 0 spiro atoms. The minimum atomic E-state index is -3.71. The number of sulfonamides is 1. The van der Waals surface area contributed by atoms with Crippen molar-refractivity contribution in [3.8, 4) is 0 Å². The molecular weight excluding hydrogens is 358 g/mol. The number of hydrogen-bond donors (Lipinski definition) is 1. The summed E-state index contributed by atoms with van der Waals surface area (Å²) in [6.45, 7) is 4.14. The summed E-state index contributed by atoms with van der Waals surface area (Å²) in [5.74, 6) is -1.14. The van der Waals surface area contributed by atoms with Gasteiger partial charge in [-0.25, -0.2) is 17.5 Å². The molecule has 0 aromatic heterocycles. The van der Waals surface area contributed by atoms with Gasteiger partial charge < -0.3 is 5.11 Å². The van der Waals surface area contributed by atoms with Crippen LogP contribution >= 0.6 is 15.9 Å². The molecular formula is C14H20BrNO4S. The third kappa shape index (κ3) is 4.28. The van der Waals surface area contributed by atoms with Gasteiger partial charge in [-0.2, -0.15) is 0 Å². The van der Waals surface area contributed by atoms with Gasteiger partial charge in [-0.3, -0.25) is 0 Å². The molecule has 7 heteroatoms. The van der Waals surface area contributed by atoms with Gasteiger partial charge in [-0.15, -0.1) is 0 Å². The predicted molar refractivity (Wildman–Crippen MR) is 85.2 cm³/mol. The topological polar surface area (TPSA) is 74.7 Å². The van der Waals surface area contributed by atoms with Crippen molar-refractivity contribution in [2.75, 3.05) is 13.6 Å². The molecule has 21 heavy (non-hydrogen) atoms. The van der Waals surface area contributed by atoms with Crippen LogP contribution in [0.4, 0.5) is 0 Å². The van der Waals surface area contributed by atoms with Crippen LogP contribution in [-0.2, 0) is 10.0 Å². The zero-order chi connectivity index (χ0) is 16.2. The Bertz CT molecular complexity index is 628. The highest BCUT2D eigenvalue weighted by Crippen LogP contribution is 2.29. The van der Waals surface area contributed by atoms with Crippen molar-refractivity contribution in [1.29, 1.82) is 0 Å². The highest BCUT2D eigenvalue weighted by atomic mass is 79.9. The lowest BCUT2D eigenvalue weighted by Gasteiger charge is -2.19. The quantitative estimate of drug-likeness (QED) is 0.739. The first-order valence-electron chi connectivity index (χ1n) is 6.71. The van der Waals surface area contributed by atoms with Gasteiger partial charge in [-0.1, -0.05) is 19.8 Å². The molecule has 1 aromatic rings. The standard InChI is InChI=1S/C14H20BrNO4S/c1-4-5-6-7-16(3)21(19,20)12-9-11(14(17)18)8-10(2)13(12)15/h8-9H,4-7H2,1-3H3,(H,17,18). The number of aromatic carboxylic acids is 1. The molecule has 0 aliphatic carbocycles. The second kappa shape index (κ2) is 7.38. The summed E-state index contributed by atoms with van der Waals surface area (Å²) in [5, 5.41) is 9.08. The second-order valence-corrected chi connectivity index (χ2v) is 7.75. The Hall–Kier alpha value is -0.920. The maximum atomic E-state index is 12.6. The number of halogens is 1. The van der Waals surface area contributed by atoms with Gasteiger partial charge in [0.1, 0.15) is 0 Å². The van der Waals surface area contributed by atoms with Crippen LogP contribution in [0.2, 0.25) is 0 Å². The summed E-state index contributed by atoms with van der Waals surface area (Å²) in [5.41, 5.74) is 0.548. The molecule has 1 rings (SSSR count). The molecule has 1 N–H and O–H groups in total. The van der Waals surface area contributed by atoms with E-state index in [9.17, 15) is 13.2 Å². The number of benzene rings is 1. The molecule has 0 saturated heterocycles. The Balaban J connectivity index is 3.21. The van der Waals surface area contributed by atoms with Crippen LogP contribution in [0.5, 0.6) is 0 Å². The molecule has 1 aromatic carbocycles. The number of rotatable bonds is 7. The Morgan fingerprint density at radius 2 is 1.95 bits per heavy atom. The summed E-state index contributed by atoms with van der Waals surface area (Å²) < 4.78 is 26.8. The Labute approximate surface area is 134 Å². The van der Waals surface area contributed by atoms with Crippen LogP contribution in [0.25, 0.3) is 0 Å². The van der Waals surface area contributed by atoms with E-state index < -0.39 is 16.0 Å². The molecule has 0 heterocycles. The van der Waals surface area contributed by atoms with Crippen LogP contribution in [0.1, 0.15) is 42.1 Å². The van der Waals surface area contributed by atoms with Crippen molar-refractivity contribution in [2.24, 2.45) is 0 Å². The maximum Gasteiger partial charge on any atom is 0.335 e. The average molecular weight is 378 g/mol. The molecule has 0 aliphatic heterocycles. The fourth-order valence-corrected chi connectivity index (χ4v) is 4.13. The smallest absolute Gasteiger partial charge is 0.335 e. The van der Waals surface area contributed by atoms with Gasteiger partial charge in [0.2, 0.25) is 10.0 Å². The largest absolute Gasteiger partial charge is 0.478 e. The Morgan fingerprint density at radius 3 is 2.48 bits per heavy atom.